The highest BCUT2D eigenvalue weighted by Gasteiger charge is 2.17. The lowest BCUT2D eigenvalue weighted by Crippen LogP contribution is -2.21. The van der Waals surface area contributed by atoms with E-state index in [0.29, 0.717) is 0 Å². The van der Waals surface area contributed by atoms with Crippen LogP contribution < -0.4 is 5.32 Å². The van der Waals surface area contributed by atoms with Crippen molar-refractivity contribution in [3.05, 3.63) is 55.1 Å². The number of rotatable bonds is 4. The van der Waals surface area contributed by atoms with E-state index < -0.39 is 0 Å². The van der Waals surface area contributed by atoms with Gasteiger partial charge < -0.3 is 5.32 Å². The van der Waals surface area contributed by atoms with E-state index in [1.807, 2.05) is 6.07 Å². The number of aryl methyl sites for hydroxylation is 1. The summed E-state index contributed by atoms with van der Waals surface area (Å²) < 4.78 is 1.96. The van der Waals surface area contributed by atoms with Gasteiger partial charge in [0.2, 0.25) is 0 Å². The third-order valence-electron chi connectivity index (χ3n) is 2.75. The maximum Gasteiger partial charge on any atom is 0.0931 e. The summed E-state index contributed by atoms with van der Waals surface area (Å²) in [5, 5.41) is 3.52. The molecule has 18 heavy (non-hydrogen) atoms. The Labute approximate surface area is 125 Å². The molecule has 1 N–H and O–H groups in total. The molecule has 1 nitrogen and oxygen atoms in total. The van der Waals surface area contributed by atoms with Gasteiger partial charge in [0.25, 0.3) is 0 Å². The van der Waals surface area contributed by atoms with Crippen molar-refractivity contribution in [1.29, 1.82) is 0 Å². The second kappa shape index (κ2) is 6.20. The molecule has 1 heterocycles. The average molecular weight is 345 g/mol. The second-order valence-corrected chi connectivity index (χ2v) is 6.76. The van der Waals surface area contributed by atoms with Gasteiger partial charge in [0.05, 0.1) is 10.4 Å². The van der Waals surface area contributed by atoms with Crippen molar-refractivity contribution >= 4 is 38.9 Å². The Hall–Kier alpha value is -0.350. The molecule has 0 fully saturated rings. The van der Waals surface area contributed by atoms with Crippen molar-refractivity contribution < 1.29 is 0 Å². The molecule has 0 radical (unpaired) electrons. The van der Waals surface area contributed by atoms with Crippen molar-refractivity contribution in [2.24, 2.45) is 0 Å². The SMILES string of the molecule is CCNC(c1ccc(Cl)s1)c1cc(C)ccc1Br. The first-order valence-electron chi connectivity index (χ1n) is 5.86. The predicted molar refractivity (Wildman–Crippen MR) is 83.7 cm³/mol. The Kier molecular flexibility index (Phi) is 4.84. The van der Waals surface area contributed by atoms with E-state index in [-0.39, 0.29) is 6.04 Å². The fourth-order valence-corrected chi connectivity index (χ4v) is 3.57. The van der Waals surface area contributed by atoms with E-state index in [4.69, 9.17) is 11.6 Å². The van der Waals surface area contributed by atoms with E-state index in [1.165, 1.54) is 16.0 Å². The summed E-state index contributed by atoms with van der Waals surface area (Å²) in [6.07, 6.45) is 0. The van der Waals surface area contributed by atoms with Crippen molar-refractivity contribution in [2.75, 3.05) is 6.54 Å². The molecule has 0 aliphatic heterocycles. The normalized spacial score (nSPS) is 12.7. The number of nitrogens with one attached hydrogen (secondary N) is 1. The van der Waals surface area contributed by atoms with Gasteiger partial charge in [-0.25, -0.2) is 0 Å². The molecule has 96 valence electrons. The minimum Gasteiger partial charge on any atom is -0.306 e. The van der Waals surface area contributed by atoms with Crippen LogP contribution in [0.5, 0.6) is 0 Å². The molecule has 0 amide bonds. The summed E-state index contributed by atoms with van der Waals surface area (Å²) in [6, 6.07) is 10.7. The summed E-state index contributed by atoms with van der Waals surface area (Å²) >= 11 is 11.3. The van der Waals surface area contributed by atoms with Gasteiger partial charge in [-0.2, -0.15) is 0 Å². The molecule has 0 spiro atoms. The average Bonchev–Trinajstić information content (AvgIpc) is 2.76. The molecule has 0 saturated heterocycles. The topological polar surface area (TPSA) is 12.0 Å². The van der Waals surface area contributed by atoms with E-state index in [2.05, 4.69) is 59.4 Å². The smallest absolute Gasteiger partial charge is 0.0931 e. The van der Waals surface area contributed by atoms with E-state index in [0.717, 1.165) is 15.4 Å². The van der Waals surface area contributed by atoms with Gasteiger partial charge in [0, 0.05) is 9.35 Å². The molecule has 1 atom stereocenters. The highest BCUT2D eigenvalue weighted by Crippen LogP contribution is 2.34. The molecule has 4 heteroatoms. The van der Waals surface area contributed by atoms with E-state index in [1.54, 1.807) is 11.3 Å². The molecule has 1 unspecified atom stereocenters. The minimum absolute atomic E-state index is 0.196. The molecule has 2 aromatic rings. The Morgan fingerprint density at radius 1 is 1.33 bits per heavy atom. The van der Waals surface area contributed by atoms with Gasteiger partial charge >= 0.3 is 0 Å². The van der Waals surface area contributed by atoms with Crippen molar-refractivity contribution in [3.63, 3.8) is 0 Å². The van der Waals surface area contributed by atoms with Crippen LogP contribution in [0, 0.1) is 6.92 Å². The lowest BCUT2D eigenvalue weighted by Gasteiger charge is -2.19. The zero-order valence-electron chi connectivity index (χ0n) is 10.3. The molecular formula is C14H15BrClNS. The van der Waals surface area contributed by atoms with E-state index >= 15 is 0 Å². The predicted octanol–water partition coefficient (Wildman–Crippen LogP) is 5.17. The van der Waals surface area contributed by atoms with Crippen LogP contribution in [-0.2, 0) is 0 Å². The van der Waals surface area contributed by atoms with Crippen LogP contribution in [-0.4, -0.2) is 6.54 Å². The maximum absolute atomic E-state index is 6.04. The van der Waals surface area contributed by atoms with Gasteiger partial charge in [-0.05, 0) is 37.2 Å². The summed E-state index contributed by atoms with van der Waals surface area (Å²) in [5.41, 5.74) is 2.52. The Balaban J connectivity index is 2.44. The number of halogens is 2. The zero-order valence-corrected chi connectivity index (χ0v) is 13.5. The molecule has 0 bridgehead atoms. The zero-order chi connectivity index (χ0) is 13.1. The number of thiophene rings is 1. The summed E-state index contributed by atoms with van der Waals surface area (Å²) in [5.74, 6) is 0. The van der Waals surface area contributed by atoms with Crippen LogP contribution in [0.1, 0.15) is 29.0 Å². The first-order valence-corrected chi connectivity index (χ1v) is 7.85. The van der Waals surface area contributed by atoms with Crippen molar-refractivity contribution in [1.82, 2.24) is 5.32 Å². The fourth-order valence-electron chi connectivity index (χ4n) is 1.94. The first-order chi connectivity index (χ1) is 8.61. The molecule has 0 saturated carbocycles. The molecule has 1 aromatic carbocycles. The quantitative estimate of drug-likeness (QED) is 0.806. The highest BCUT2D eigenvalue weighted by molar-refractivity contribution is 9.10. The first kappa shape index (κ1) is 14.1. The van der Waals surface area contributed by atoms with Gasteiger partial charge in [0.15, 0.2) is 0 Å². The lowest BCUT2D eigenvalue weighted by atomic mass is 10.0. The summed E-state index contributed by atoms with van der Waals surface area (Å²) in [4.78, 5) is 1.24. The van der Waals surface area contributed by atoms with Crippen LogP contribution in [0.4, 0.5) is 0 Å². The van der Waals surface area contributed by atoms with Gasteiger partial charge in [-0.3, -0.25) is 0 Å². The minimum atomic E-state index is 0.196. The highest BCUT2D eigenvalue weighted by atomic mass is 79.9. The molecule has 1 aromatic heterocycles. The number of benzene rings is 1. The number of hydrogen-bond acceptors (Lipinski definition) is 2. The van der Waals surface area contributed by atoms with Gasteiger partial charge in [-0.15, -0.1) is 11.3 Å². The lowest BCUT2D eigenvalue weighted by molar-refractivity contribution is 0.637. The van der Waals surface area contributed by atoms with Crippen LogP contribution in [0.2, 0.25) is 4.34 Å². The third-order valence-corrected chi connectivity index (χ3v) is 4.77. The Morgan fingerprint density at radius 3 is 2.72 bits per heavy atom. The standard InChI is InChI=1S/C14H15BrClNS/c1-3-17-14(12-6-7-13(16)18-12)10-8-9(2)4-5-11(10)15/h4-8,14,17H,3H2,1-2H3. The van der Waals surface area contributed by atoms with Crippen LogP contribution >= 0.6 is 38.9 Å². The molecule has 0 aliphatic rings. The van der Waals surface area contributed by atoms with E-state index in [9.17, 15) is 0 Å². The number of hydrogen-bond donors (Lipinski definition) is 1. The third kappa shape index (κ3) is 3.15. The van der Waals surface area contributed by atoms with Crippen LogP contribution in [0.15, 0.2) is 34.8 Å². The van der Waals surface area contributed by atoms with Crippen LogP contribution in [0.25, 0.3) is 0 Å². The Bertz CT molecular complexity index is 538. The van der Waals surface area contributed by atoms with Crippen molar-refractivity contribution in [3.8, 4) is 0 Å². The van der Waals surface area contributed by atoms with Crippen LogP contribution in [0.3, 0.4) is 0 Å². The second-order valence-electron chi connectivity index (χ2n) is 4.16. The molecule has 2 rings (SSSR count). The molecule has 0 aliphatic carbocycles. The van der Waals surface area contributed by atoms with Gasteiger partial charge in [-0.1, -0.05) is 52.2 Å². The summed E-state index contributed by atoms with van der Waals surface area (Å²) in [7, 11) is 0. The van der Waals surface area contributed by atoms with Gasteiger partial charge in [0.1, 0.15) is 0 Å². The summed E-state index contributed by atoms with van der Waals surface area (Å²) in [6.45, 7) is 5.15. The monoisotopic (exact) mass is 343 g/mol. The largest absolute Gasteiger partial charge is 0.306 e. The maximum atomic E-state index is 6.04. The van der Waals surface area contributed by atoms with Crippen molar-refractivity contribution in [2.45, 2.75) is 19.9 Å². The molecular weight excluding hydrogens is 330 g/mol. The fraction of sp³-hybridized carbons (Fsp3) is 0.286. The Morgan fingerprint density at radius 2 is 2.11 bits per heavy atom.